The van der Waals surface area contributed by atoms with E-state index >= 15 is 0 Å². The van der Waals surface area contributed by atoms with Crippen LogP contribution in [0.5, 0.6) is 5.75 Å². The van der Waals surface area contributed by atoms with Crippen LogP contribution in [0.2, 0.25) is 0 Å². The van der Waals surface area contributed by atoms with Gasteiger partial charge < -0.3 is 14.7 Å². The third kappa shape index (κ3) is 5.35. The largest absolute Gasteiger partial charge is 0.481 e. The molecule has 4 N–H and O–H groups in total. The number of hydrogen-bond acceptors (Lipinski definition) is 7. The molecule has 0 spiro atoms. The number of benzene rings is 2. The molecule has 2 aromatic carbocycles. The first kappa shape index (κ1) is 24.7. The Morgan fingerprint density at radius 2 is 1.97 bits per heavy atom. The molecule has 7 nitrogen and oxygen atoms in total. The van der Waals surface area contributed by atoms with Crippen LogP contribution in [0, 0.1) is 0 Å². The van der Waals surface area contributed by atoms with E-state index in [1.165, 1.54) is 11.8 Å². The average molecular weight is 481 g/mol. The van der Waals surface area contributed by atoms with Crippen molar-refractivity contribution in [1.29, 1.82) is 0 Å². The van der Waals surface area contributed by atoms with Gasteiger partial charge in [-0.2, -0.15) is 0 Å². The third-order valence-electron chi connectivity index (χ3n) is 5.77. The van der Waals surface area contributed by atoms with Crippen LogP contribution in [-0.4, -0.2) is 45.1 Å². The zero-order valence-corrected chi connectivity index (χ0v) is 20.3. The van der Waals surface area contributed by atoms with Crippen molar-refractivity contribution in [3.63, 3.8) is 0 Å². The second-order valence-electron chi connectivity index (χ2n) is 7.96. The molecule has 1 aliphatic rings. The maximum Gasteiger partial charge on any atom is 0.341 e. The molecule has 176 valence electrons. The Balaban J connectivity index is 2.21. The minimum atomic E-state index is -3.38. The molecule has 1 atom stereocenters. The molecule has 3 rings (SSSR count). The molecule has 9 heteroatoms. The summed E-state index contributed by atoms with van der Waals surface area (Å²) in [4.78, 5) is 14.2. The second-order valence-corrected chi connectivity index (χ2v) is 10.6. The highest BCUT2D eigenvalue weighted by molar-refractivity contribution is 8.22. The number of thioether (sulfide) groups is 1. The minimum absolute atomic E-state index is 0.311. The molecule has 0 fully saturated rings. The number of carboxylic acids is 1. The van der Waals surface area contributed by atoms with Gasteiger partial charge in [-0.25, -0.2) is 9.52 Å². The summed E-state index contributed by atoms with van der Waals surface area (Å²) in [5, 5.41) is 9.05. The summed E-state index contributed by atoms with van der Waals surface area (Å²) in [6.45, 7) is 4.25. The number of ether oxygens (including phenoxy) is 1. The fourth-order valence-corrected chi connectivity index (χ4v) is 6.31. The summed E-state index contributed by atoms with van der Waals surface area (Å²) in [6, 6.07) is 13.3. The molecule has 0 unspecified atom stereocenters. The van der Waals surface area contributed by atoms with Gasteiger partial charge >= 0.3 is 5.97 Å². The van der Waals surface area contributed by atoms with Gasteiger partial charge in [0.05, 0.1) is 16.1 Å². The Labute approximate surface area is 195 Å². The summed E-state index contributed by atoms with van der Waals surface area (Å²) in [7, 11) is -3.38. The lowest BCUT2D eigenvalue weighted by Crippen LogP contribution is -2.51. The van der Waals surface area contributed by atoms with Crippen LogP contribution >= 0.6 is 22.5 Å². The fourth-order valence-electron chi connectivity index (χ4n) is 4.00. The van der Waals surface area contributed by atoms with E-state index in [2.05, 4.69) is 23.5 Å². The zero-order valence-electron chi connectivity index (χ0n) is 18.7. The lowest BCUT2D eigenvalue weighted by atomic mass is 9.89. The Morgan fingerprint density at radius 1 is 1.25 bits per heavy atom. The SMILES string of the molecule is CCCC[C@]1(CC)CN(c2ccccc2)c2cc(SC)c(OCC(=O)O)cc2S(O)(O)N1. The standard InChI is InChI=1S/C23H32N2O5S2/c1-4-6-12-23(5-2)16-25(17-10-8-7-9-11-17)18-13-20(31-3)19(30-15-22(26)27)14-21(18)32(28,29)24-23/h7-11,13-14,24,28-29H,4-6,12,15-16H2,1-3H3,(H,26,27)/t23-/m1/s1. The van der Waals surface area contributed by atoms with Gasteiger partial charge in [-0.15, -0.1) is 22.5 Å². The van der Waals surface area contributed by atoms with Gasteiger partial charge in [-0.05, 0) is 37.3 Å². The molecule has 0 aromatic heterocycles. The van der Waals surface area contributed by atoms with Gasteiger partial charge in [-0.3, -0.25) is 9.11 Å². The Hall–Kier alpha value is -1.91. The molecule has 0 radical (unpaired) electrons. The number of nitrogens with zero attached hydrogens (tertiary/aromatic N) is 1. The maximum atomic E-state index is 11.3. The predicted octanol–water partition coefficient (Wildman–Crippen LogP) is 5.98. The summed E-state index contributed by atoms with van der Waals surface area (Å²) in [6.07, 6.45) is 5.36. The fraction of sp³-hybridized carbons (Fsp3) is 0.435. The number of aliphatic carboxylic acids is 1. The zero-order chi connectivity index (χ0) is 23.4. The predicted molar refractivity (Wildman–Crippen MR) is 132 cm³/mol. The van der Waals surface area contributed by atoms with E-state index in [4.69, 9.17) is 9.84 Å². The minimum Gasteiger partial charge on any atom is -0.481 e. The van der Waals surface area contributed by atoms with Crippen molar-refractivity contribution in [2.75, 3.05) is 24.3 Å². The third-order valence-corrected chi connectivity index (χ3v) is 8.18. The Kier molecular flexibility index (Phi) is 8.00. The van der Waals surface area contributed by atoms with E-state index in [1.807, 2.05) is 42.7 Å². The van der Waals surface area contributed by atoms with Crippen LogP contribution in [-0.2, 0) is 4.79 Å². The van der Waals surface area contributed by atoms with E-state index in [0.717, 1.165) is 36.3 Å². The van der Waals surface area contributed by atoms with E-state index in [-0.39, 0.29) is 0 Å². The Morgan fingerprint density at radius 3 is 2.56 bits per heavy atom. The summed E-state index contributed by atoms with van der Waals surface area (Å²) >= 11 is 1.42. The van der Waals surface area contributed by atoms with Crippen LogP contribution in [0.25, 0.3) is 0 Å². The van der Waals surface area contributed by atoms with E-state index in [0.29, 0.717) is 22.9 Å². The molecule has 0 aliphatic carbocycles. The van der Waals surface area contributed by atoms with Gasteiger partial charge in [0.1, 0.15) is 10.6 Å². The number of rotatable bonds is 9. The highest BCUT2D eigenvalue weighted by Gasteiger charge is 2.41. The first-order valence-electron chi connectivity index (χ1n) is 10.7. The normalized spacial score (nSPS) is 20.8. The van der Waals surface area contributed by atoms with Crippen molar-refractivity contribution in [3.8, 4) is 5.75 Å². The molecular formula is C23H32N2O5S2. The van der Waals surface area contributed by atoms with E-state index in [1.54, 1.807) is 6.07 Å². The highest BCUT2D eigenvalue weighted by Crippen LogP contribution is 2.57. The average Bonchev–Trinajstić information content (AvgIpc) is 2.88. The number of anilines is 2. The van der Waals surface area contributed by atoms with Crippen molar-refractivity contribution >= 4 is 39.9 Å². The Bertz CT molecular complexity index is 941. The highest BCUT2D eigenvalue weighted by atomic mass is 32.3. The number of unbranched alkanes of at least 4 members (excludes halogenated alkanes) is 1. The summed E-state index contributed by atoms with van der Waals surface area (Å²) in [5.41, 5.74) is 1.13. The van der Waals surface area contributed by atoms with Gasteiger partial charge in [0.15, 0.2) is 6.61 Å². The second kappa shape index (κ2) is 10.4. The van der Waals surface area contributed by atoms with Crippen LogP contribution in [0.3, 0.4) is 0 Å². The monoisotopic (exact) mass is 480 g/mol. The lowest BCUT2D eigenvalue weighted by Gasteiger charge is -2.42. The summed E-state index contributed by atoms with van der Waals surface area (Å²) in [5.74, 6) is -0.766. The molecular weight excluding hydrogens is 448 g/mol. The van der Waals surface area contributed by atoms with Crippen molar-refractivity contribution in [3.05, 3.63) is 42.5 Å². The van der Waals surface area contributed by atoms with Gasteiger partial charge in [0.2, 0.25) is 0 Å². The van der Waals surface area contributed by atoms with E-state index in [9.17, 15) is 13.9 Å². The molecule has 0 bridgehead atoms. The quantitative estimate of drug-likeness (QED) is 0.325. The van der Waals surface area contributed by atoms with Crippen molar-refractivity contribution in [2.24, 2.45) is 0 Å². The maximum absolute atomic E-state index is 11.3. The number of hydrogen-bond donors (Lipinski definition) is 4. The molecule has 1 heterocycles. The molecule has 0 saturated carbocycles. The molecule has 0 saturated heterocycles. The van der Waals surface area contributed by atoms with Crippen LogP contribution in [0.1, 0.15) is 39.5 Å². The lowest BCUT2D eigenvalue weighted by molar-refractivity contribution is -0.139. The van der Waals surface area contributed by atoms with Gasteiger partial charge in [-0.1, -0.05) is 44.9 Å². The first-order chi connectivity index (χ1) is 15.2. The summed E-state index contributed by atoms with van der Waals surface area (Å²) < 4.78 is 31.4. The topological polar surface area (TPSA) is 102 Å². The number of fused-ring (bicyclic) bond motifs is 1. The smallest absolute Gasteiger partial charge is 0.341 e. The van der Waals surface area contributed by atoms with Crippen molar-refractivity contribution in [2.45, 2.75) is 54.9 Å². The number of carboxylic acid groups (broad SMARTS) is 1. The first-order valence-corrected chi connectivity index (χ1v) is 13.5. The molecule has 0 amide bonds. The molecule has 32 heavy (non-hydrogen) atoms. The molecule has 2 aromatic rings. The van der Waals surface area contributed by atoms with Crippen molar-refractivity contribution in [1.82, 2.24) is 4.72 Å². The van der Waals surface area contributed by atoms with Crippen LogP contribution in [0.4, 0.5) is 11.4 Å². The van der Waals surface area contributed by atoms with Gasteiger partial charge in [0, 0.05) is 18.3 Å². The van der Waals surface area contributed by atoms with Gasteiger partial charge in [0.25, 0.3) is 0 Å². The number of nitrogens with one attached hydrogen (secondary N) is 1. The number of carbonyl (C=O) groups is 1. The van der Waals surface area contributed by atoms with E-state index < -0.39 is 28.9 Å². The number of para-hydroxylation sites is 1. The molecule has 1 aliphatic heterocycles. The van der Waals surface area contributed by atoms with Crippen molar-refractivity contribution < 1.29 is 23.7 Å². The van der Waals surface area contributed by atoms with Crippen LogP contribution < -0.4 is 14.4 Å². The van der Waals surface area contributed by atoms with Crippen LogP contribution in [0.15, 0.2) is 52.3 Å².